The maximum atomic E-state index is 3.45. The summed E-state index contributed by atoms with van der Waals surface area (Å²) in [5.74, 6) is 1.03. The molecule has 0 aliphatic rings. The minimum absolute atomic E-state index is 0.389. The van der Waals surface area contributed by atoms with Crippen LogP contribution < -0.4 is 5.32 Å². The molecule has 2 rings (SSSR count). The van der Waals surface area contributed by atoms with E-state index in [0.29, 0.717) is 6.04 Å². The average molecular weight is 322 g/mol. The van der Waals surface area contributed by atoms with E-state index in [1.807, 2.05) is 18.8 Å². The topological polar surface area (TPSA) is 12.0 Å². The van der Waals surface area contributed by atoms with Crippen LogP contribution in [0.3, 0.4) is 0 Å². The molecule has 1 unspecified atom stereocenters. The summed E-state index contributed by atoms with van der Waals surface area (Å²) in [6.45, 7) is 0. The van der Waals surface area contributed by atoms with Gasteiger partial charge in [-0.1, -0.05) is 46.3 Å². The molecule has 94 valence electrons. The summed E-state index contributed by atoms with van der Waals surface area (Å²) in [4.78, 5) is 1.30. The highest BCUT2D eigenvalue weighted by molar-refractivity contribution is 9.10. The Morgan fingerprint density at radius 3 is 2.33 bits per heavy atom. The molecule has 0 aliphatic carbocycles. The molecule has 0 heterocycles. The van der Waals surface area contributed by atoms with Crippen molar-refractivity contribution in [1.82, 2.24) is 5.32 Å². The van der Waals surface area contributed by atoms with E-state index in [-0.39, 0.29) is 0 Å². The van der Waals surface area contributed by atoms with Crippen LogP contribution in [0.15, 0.2) is 64.0 Å². The van der Waals surface area contributed by atoms with Crippen molar-refractivity contribution in [3.8, 4) is 0 Å². The fourth-order valence-corrected chi connectivity index (χ4v) is 3.05. The summed E-state index contributed by atoms with van der Waals surface area (Å²) in [5, 5.41) is 3.37. The monoisotopic (exact) mass is 321 g/mol. The normalized spacial score (nSPS) is 12.3. The Kier molecular flexibility index (Phi) is 5.29. The first-order valence-corrected chi connectivity index (χ1v) is 7.68. The van der Waals surface area contributed by atoms with Crippen molar-refractivity contribution in [3.05, 3.63) is 64.6 Å². The van der Waals surface area contributed by atoms with Gasteiger partial charge in [-0.2, -0.15) is 0 Å². The van der Waals surface area contributed by atoms with Gasteiger partial charge in [0.1, 0.15) is 0 Å². The zero-order valence-electron chi connectivity index (χ0n) is 10.3. The van der Waals surface area contributed by atoms with Gasteiger partial charge in [-0.25, -0.2) is 0 Å². The molecule has 0 amide bonds. The Morgan fingerprint density at radius 1 is 1.06 bits per heavy atom. The second kappa shape index (κ2) is 6.98. The number of halogens is 1. The molecule has 2 aromatic carbocycles. The number of benzene rings is 2. The van der Waals surface area contributed by atoms with Gasteiger partial charge in [0.2, 0.25) is 0 Å². The lowest BCUT2D eigenvalue weighted by Gasteiger charge is -2.16. The molecule has 1 N–H and O–H groups in total. The van der Waals surface area contributed by atoms with Gasteiger partial charge in [0.05, 0.1) is 0 Å². The molecular weight excluding hydrogens is 306 g/mol. The predicted molar refractivity (Wildman–Crippen MR) is 83.1 cm³/mol. The van der Waals surface area contributed by atoms with Gasteiger partial charge in [0.25, 0.3) is 0 Å². The van der Waals surface area contributed by atoms with Crippen molar-refractivity contribution in [1.29, 1.82) is 0 Å². The SMILES string of the molecule is CNC(CSc1ccc(Br)cc1)c1ccccc1. The predicted octanol–water partition coefficient (Wildman–Crippen LogP) is 4.50. The van der Waals surface area contributed by atoms with Gasteiger partial charge in [0, 0.05) is 21.2 Å². The Balaban J connectivity index is 1.97. The summed E-state index contributed by atoms with van der Waals surface area (Å²) < 4.78 is 1.13. The molecular formula is C15H16BrNS. The van der Waals surface area contributed by atoms with Crippen LogP contribution in [0.2, 0.25) is 0 Å². The van der Waals surface area contributed by atoms with Crippen LogP contribution in [0.1, 0.15) is 11.6 Å². The Labute approximate surface area is 121 Å². The Hall–Kier alpha value is -0.770. The molecule has 2 aromatic rings. The zero-order valence-corrected chi connectivity index (χ0v) is 12.7. The number of hydrogen-bond acceptors (Lipinski definition) is 2. The lowest BCUT2D eigenvalue weighted by atomic mass is 10.1. The van der Waals surface area contributed by atoms with Crippen LogP contribution in [0.5, 0.6) is 0 Å². The van der Waals surface area contributed by atoms with Crippen LogP contribution in [0, 0.1) is 0 Å². The molecule has 0 saturated heterocycles. The summed E-state index contributed by atoms with van der Waals surface area (Å²) in [6, 6.07) is 19.4. The minimum Gasteiger partial charge on any atom is -0.312 e. The first-order chi connectivity index (χ1) is 8.79. The van der Waals surface area contributed by atoms with Gasteiger partial charge in [-0.15, -0.1) is 11.8 Å². The smallest absolute Gasteiger partial charge is 0.0412 e. The highest BCUT2D eigenvalue weighted by Crippen LogP contribution is 2.25. The van der Waals surface area contributed by atoms with Crippen LogP contribution in [-0.2, 0) is 0 Å². The second-order valence-corrected chi connectivity index (χ2v) is 6.03. The quantitative estimate of drug-likeness (QED) is 0.813. The molecule has 0 bridgehead atoms. The molecule has 0 aromatic heterocycles. The maximum absolute atomic E-state index is 3.45. The van der Waals surface area contributed by atoms with E-state index in [1.165, 1.54) is 10.5 Å². The third-order valence-corrected chi connectivity index (χ3v) is 4.41. The van der Waals surface area contributed by atoms with Crippen molar-refractivity contribution in [2.75, 3.05) is 12.8 Å². The van der Waals surface area contributed by atoms with E-state index < -0.39 is 0 Å². The molecule has 0 fully saturated rings. The molecule has 0 saturated carbocycles. The van der Waals surface area contributed by atoms with E-state index in [4.69, 9.17) is 0 Å². The summed E-state index contributed by atoms with van der Waals surface area (Å²) in [6.07, 6.45) is 0. The first kappa shape index (κ1) is 13.7. The van der Waals surface area contributed by atoms with Crippen molar-refractivity contribution < 1.29 is 0 Å². The van der Waals surface area contributed by atoms with E-state index in [9.17, 15) is 0 Å². The van der Waals surface area contributed by atoms with E-state index in [2.05, 4.69) is 75.8 Å². The highest BCUT2D eigenvalue weighted by Gasteiger charge is 2.08. The molecule has 18 heavy (non-hydrogen) atoms. The summed E-state index contributed by atoms with van der Waals surface area (Å²) >= 11 is 5.33. The van der Waals surface area contributed by atoms with Gasteiger partial charge < -0.3 is 5.32 Å². The van der Waals surface area contributed by atoms with Gasteiger partial charge in [-0.05, 0) is 36.9 Å². The molecule has 0 radical (unpaired) electrons. The zero-order chi connectivity index (χ0) is 12.8. The van der Waals surface area contributed by atoms with Crippen molar-refractivity contribution in [3.63, 3.8) is 0 Å². The largest absolute Gasteiger partial charge is 0.312 e. The number of hydrogen-bond donors (Lipinski definition) is 1. The summed E-state index contributed by atoms with van der Waals surface area (Å²) in [5.41, 5.74) is 1.34. The fourth-order valence-electron chi connectivity index (χ4n) is 1.74. The number of nitrogens with one attached hydrogen (secondary N) is 1. The fraction of sp³-hybridized carbons (Fsp3) is 0.200. The van der Waals surface area contributed by atoms with Gasteiger partial charge in [-0.3, -0.25) is 0 Å². The third kappa shape index (κ3) is 3.87. The molecule has 0 spiro atoms. The highest BCUT2D eigenvalue weighted by atomic mass is 79.9. The molecule has 0 aliphatic heterocycles. The first-order valence-electron chi connectivity index (χ1n) is 5.90. The second-order valence-electron chi connectivity index (χ2n) is 4.02. The van der Waals surface area contributed by atoms with Crippen LogP contribution in [-0.4, -0.2) is 12.8 Å². The molecule has 1 atom stereocenters. The van der Waals surface area contributed by atoms with Crippen molar-refractivity contribution >= 4 is 27.7 Å². The molecule has 1 nitrogen and oxygen atoms in total. The van der Waals surface area contributed by atoms with Gasteiger partial charge >= 0.3 is 0 Å². The van der Waals surface area contributed by atoms with E-state index in [1.54, 1.807) is 0 Å². The van der Waals surface area contributed by atoms with Crippen molar-refractivity contribution in [2.24, 2.45) is 0 Å². The van der Waals surface area contributed by atoms with Crippen molar-refractivity contribution in [2.45, 2.75) is 10.9 Å². The van der Waals surface area contributed by atoms with Crippen LogP contribution >= 0.6 is 27.7 Å². The Morgan fingerprint density at radius 2 is 1.72 bits per heavy atom. The van der Waals surface area contributed by atoms with Gasteiger partial charge in [0.15, 0.2) is 0 Å². The van der Waals surface area contributed by atoms with E-state index in [0.717, 1.165) is 10.2 Å². The van der Waals surface area contributed by atoms with E-state index >= 15 is 0 Å². The van der Waals surface area contributed by atoms with Crippen LogP contribution in [0.25, 0.3) is 0 Å². The summed E-state index contributed by atoms with van der Waals surface area (Å²) in [7, 11) is 2.01. The number of thioether (sulfide) groups is 1. The third-order valence-electron chi connectivity index (χ3n) is 2.78. The standard InChI is InChI=1S/C15H16BrNS/c1-17-15(12-5-3-2-4-6-12)11-18-14-9-7-13(16)8-10-14/h2-10,15,17H,11H2,1H3. The van der Waals surface area contributed by atoms with Crippen LogP contribution in [0.4, 0.5) is 0 Å². The lowest BCUT2D eigenvalue weighted by Crippen LogP contribution is -2.18. The molecule has 3 heteroatoms. The lowest BCUT2D eigenvalue weighted by molar-refractivity contribution is 0.662. The minimum atomic E-state index is 0.389. The average Bonchev–Trinajstić information content (AvgIpc) is 2.43. The maximum Gasteiger partial charge on any atom is 0.0412 e. The Bertz CT molecular complexity index is 470. The number of rotatable bonds is 5.